The third-order valence-electron chi connectivity index (χ3n) is 10.9. The number of carbonyl (C=O) groups is 2. The summed E-state index contributed by atoms with van der Waals surface area (Å²) in [4.78, 5) is 24.1. The lowest BCUT2D eigenvalue weighted by Gasteiger charge is -2.62. The fourth-order valence-corrected chi connectivity index (χ4v) is 9.19. The van der Waals surface area contributed by atoms with Gasteiger partial charge in [0.2, 0.25) is 5.91 Å². The summed E-state index contributed by atoms with van der Waals surface area (Å²) in [7, 11) is 1.71. The van der Waals surface area contributed by atoms with Gasteiger partial charge in [-0.25, -0.2) is 0 Å². The van der Waals surface area contributed by atoms with Crippen LogP contribution in [-0.2, 0) is 14.3 Å². The number of fused-ring (bicyclic) bond motifs is 5. The van der Waals surface area contributed by atoms with Gasteiger partial charge < -0.3 is 15.2 Å². The Labute approximate surface area is 194 Å². The fraction of sp³-hybridized carbons (Fsp3) is 0.926. The molecule has 0 bridgehead atoms. The van der Waals surface area contributed by atoms with Crippen molar-refractivity contribution in [2.24, 2.45) is 46.3 Å². The average molecular weight is 448 g/mol. The van der Waals surface area contributed by atoms with Crippen LogP contribution in [0.4, 0.5) is 0 Å². The summed E-state index contributed by atoms with van der Waals surface area (Å²) in [6.45, 7) is 8.76. The van der Waals surface area contributed by atoms with E-state index in [1.807, 2.05) is 0 Å². The van der Waals surface area contributed by atoms with Crippen LogP contribution in [0, 0.1) is 46.3 Å². The second-order valence-corrected chi connectivity index (χ2v) is 12.2. The molecule has 0 aliphatic heterocycles. The SMILES string of the molecule is CNC(=O)CC[C@@H](C)C1CCC2C3CCC4C[C@@H](O)CC[C@]4(C)C3C[C@H](OC(C)=O)[C@@]21C. The Morgan fingerprint density at radius 3 is 2.53 bits per heavy atom. The van der Waals surface area contributed by atoms with E-state index in [0.29, 0.717) is 41.9 Å². The van der Waals surface area contributed by atoms with Gasteiger partial charge in [0.25, 0.3) is 0 Å². The van der Waals surface area contributed by atoms with Crippen molar-refractivity contribution in [3.05, 3.63) is 0 Å². The molecule has 4 aliphatic rings. The number of carbonyl (C=O) groups excluding carboxylic acids is 2. The lowest BCUT2D eigenvalue weighted by molar-refractivity contribution is -0.196. The van der Waals surface area contributed by atoms with Crippen LogP contribution >= 0.6 is 0 Å². The highest BCUT2D eigenvalue weighted by molar-refractivity contribution is 5.75. The molecule has 0 aromatic rings. The zero-order chi connectivity index (χ0) is 23.3. The van der Waals surface area contributed by atoms with Gasteiger partial charge in [-0.2, -0.15) is 0 Å². The summed E-state index contributed by atoms with van der Waals surface area (Å²) >= 11 is 0. The van der Waals surface area contributed by atoms with E-state index >= 15 is 0 Å². The zero-order valence-corrected chi connectivity index (χ0v) is 20.9. The first-order chi connectivity index (χ1) is 15.1. The summed E-state index contributed by atoms with van der Waals surface area (Å²) in [6.07, 6.45) is 10.1. The molecule has 4 saturated carbocycles. The van der Waals surface area contributed by atoms with Crippen molar-refractivity contribution in [1.82, 2.24) is 5.32 Å². The zero-order valence-electron chi connectivity index (χ0n) is 20.9. The molecule has 4 fully saturated rings. The van der Waals surface area contributed by atoms with E-state index in [4.69, 9.17) is 4.74 Å². The molecule has 182 valence electrons. The van der Waals surface area contributed by atoms with E-state index in [1.165, 1.54) is 25.7 Å². The molecule has 0 spiro atoms. The van der Waals surface area contributed by atoms with Gasteiger partial charge in [0.05, 0.1) is 6.10 Å². The van der Waals surface area contributed by atoms with E-state index in [2.05, 4.69) is 26.1 Å². The van der Waals surface area contributed by atoms with Gasteiger partial charge in [-0.15, -0.1) is 0 Å². The highest BCUT2D eigenvalue weighted by atomic mass is 16.5. The van der Waals surface area contributed by atoms with Gasteiger partial charge in [0.15, 0.2) is 0 Å². The van der Waals surface area contributed by atoms with Gasteiger partial charge in [0.1, 0.15) is 6.10 Å². The third kappa shape index (κ3) is 3.91. The largest absolute Gasteiger partial charge is 0.462 e. The molecule has 4 aliphatic carbocycles. The smallest absolute Gasteiger partial charge is 0.302 e. The van der Waals surface area contributed by atoms with Crippen LogP contribution in [0.1, 0.15) is 91.9 Å². The maximum absolute atomic E-state index is 12.2. The molecule has 10 atom stereocenters. The number of hydrogen-bond donors (Lipinski definition) is 2. The first kappa shape index (κ1) is 24.0. The molecular weight excluding hydrogens is 402 g/mol. The molecular formula is C27H45NO4. The first-order valence-corrected chi connectivity index (χ1v) is 13.2. The van der Waals surface area contributed by atoms with Crippen LogP contribution in [0.15, 0.2) is 0 Å². The van der Waals surface area contributed by atoms with E-state index in [1.54, 1.807) is 14.0 Å². The maximum atomic E-state index is 12.2. The van der Waals surface area contributed by atoms with Crippen LogP contribution < -0.4 is 5.32 Å². The number of rotatable bonds is 5. The monoisotopic (exact) mass is 447 g/mol. The van der Waals surface area contributed by atoms with Crippen LogP contribution in [0.3, 0.4) is 0 Å². The number of amides is 1. The Bertz CT molecular complexity index is 724. The molecule has 1 amide bonds. The van der Waals surface area contributed by atoms with Crippen molar-refractivity contribution in [3.8, 4) is 0 Å². The molecule has 5 unspecified atom stereocenters. The second-order valence-electron chi connectivity index (χ2n) is 12.2. The number of aliphatic hydroxyl groups excluding tert-OH is 1. The maximum Gasteiger partial charge on any atom is 0.302 e. The van der Waals surface area contributed by atoms with E-state index in [-0.39, 0.29) is 34.9 Å². The Morgan fingerprint density at radius 1 is 1.09 bits per heavy atom. The molecule has 5 heteroatoms. The highest BCUT2D eigenvalue weighted by Gasteiger charge is 2.64. The Balaban J connectivity index is 1.62. The normalized spacial score (nSPS) is 46.4. The van der Waals surface area contributed by atoms with Crippen molar-refractivity contribution < 1.29 is 19.4 Å². The van der Waals surface area contributed by atoms with Crippen molar-refractivity contribution in [2.75, 3.05) is 7.05 Å². The van der Waals surface area contributed by atoms with Crippen molar-refractivity contribution in [1.29, 1.82) is 0 Å². The molecule has 0 heterocycles. The van der Waals surface area contributed by atoms with Crippen LogP contribution in [0.25, 0.3) is 0 Å². The fourth-order valence-electron chi connectivity index (χ4n) is 9.19. The summed E-state index contributed by atoms with van der Waals surface area (Å²) in [5.74, 6) is 3.34. The molecule has 32 heavy (non-hydrogen) atoms. The van der Waals surface area contributed by atoms with Gasteiger partial charge in [0, 0.05) is 25.8 Å². The number of aliphatic hydroxyl groups is 1. The Kier molecular flexibility index (Phi) is 6.70. The summed E-state index contributed by atoms with van der Waals surface area (Å²) in [5, 5.41) is 13.1. The minimum Gasteiger partial charge on any atom is -0.462 e. The average Bonchev–Trinajstić information content (AvgIpc) is 3.11. The number of esters is 1. The van der Waals surface area contributed by atoms with Crippen LogP contribution in [0.5, 0.6) is 0 Å². The van der Waals surface area contributed by atoms with E-state index < -0.39 is 0 Å². The highest BCUT2D eigenvalue weighted by Crippen LogP contribution is 2.68. The molecule has 0 saturated heterocycles. The standard InChI is InChI=1S/C27H45NO4/c1-16(6-11-25(31)28-5)21-9-10-22-20-8-7-18-14-19(30)12-13-26(18,3)23(20)15-24(27(21,22)4)32-17(2)29/h16,18-24,30H,6-15H2,1-5H3,(H,28,31)/t16-,18?,19+,20?,21?,22?,23?,24+,26+,27-/m1/s1. The van der Waals surface area contributed by atoms with Crippen molar-refractivity contribution in [2.45, 2.75) is 104 Å². The third-order valence-corrected chi connectivity index (χ3v) is 10.9. The van der Waals surface area contributed by atoms with Gasteiger partial charge >= 0.3 is 5.97 Å². The topological polar surface area (TPSA) is 75.6 Å². The quantitative estimate of drug-likeness (QED) is 0.599. The molecule has 4 rings (SSSR count). The summed E-state index contributed by atoms with van der Waals surface area (Å²) in [5.41, 5.74) is 0.247. The van der Waals surface area contributed by atoms with Gasteiger partial charge in [-0.05, 0) is 98.7 Å². The summed E-state index contributed by atoms with van der Waals surface area (Å²) < 4.78 is 6.16. The predicted molar refractivity (Wildman–Crippen MR) is 125 cm³/mol. The van der Waals surface area contributed by atoms with Crippen molar-refractivity contribution >= 4 is 11.9 Å². The molecule has 5 nitrogen and oxygen atoms in total. The van der Waals surface area contributed by atoms with E-state index in [0.717, 1.165) is 32.1 Å². The number of nitrogens with one attached hydrogen (secondary N) is 1. The van der Waals surface area contributed by atoms with E-state index in [9.17, 15) is 14.7 Å². The Hall–Kier alpha value is -1.10. The minimum atomic E-state index is -0.159. The first-order valence-electron chi connectivity index (χ1n) is 13.2. The molecule has 0 aromatic heterocycles. The molecule has 0 radical (unpaired) electrons. The molecule has 2 N–H and O–H groups in total. The predicted octanol–water partition coefficient (Wildman–Crippen LogP) is 4.71. The summed E-state index contributed by atoms with van der Waals surface area (Å²) in [6, 6.07) is 0. The lowest BCUT2D eigenvalue weighted by Crippen LogP contribution is -2.59. The lowest BCUT2D eigenvalue weighted by atomic mass is 9.43. The van der Waals surface area contributed by atoms with Gasteiger partial charge in [-0.1, -0.05) is 20.8 Å². The number of ether oxygens (including phenoxy) is 1. The molecule has 0 aromatic carbocycles. The Morgan fingerprint density at radius 2 is 1.84 bits per heavy atom. The minimum absolute atomic E-state index is 0.00762. The van der Waals surface area contributed by atoms with Crippen molar-refractivity contribution in [3.63, 3.8) is 0 Å². The van der Waals surface area contributed by atoms with Crippen LogP contribution in [0.2, 0.25) is 0 Å². The van der Waals surface area contributed by atoms with Crippen LogP contribution in [-0.4, -0.2) is 36.2 Å². The second kappa shape index (κ2) is 8.92. The number of hydrogen-bond acceptors (Lipinski definition) is 4. The van der Waals surface area contributed by atoms with Gasteiger partial charge in [-0.3, -0.25) is 9.59 Å².